The maximum Gasteiger partial charge on any atom is 0.321 e. The molecular formula is C42H73N17O10. The number of hydrogen-bond donors (Lipinski definition) is 16. The topological polar surface area (TPSA) is 480 Å². The Kier molecular flexibility index (Phi) is 28.6. The van der Waals surface area contributed by atoms with Crippen LogP contribution in [-0.2, 0) is 40.0 Å². The minimum atomic E-state index is -1.39. The fourth-order valence-electron chi connectivity index (χ4n) is 6.35. The third kappa shape index (κ3) is 27.7. The smallest absolute Gasteiger partial charge is 0.321 e. The number of aromatic hydroxyl groups is 1. The number of carbonyl (C=O) groups is 8. The van der Waals surface area contributed by atoms with Crippen LogP contribution in [-0.4, -0.2) is 138 Å². The Morgan fingerprint density at radius 3 is 1.52 bits per heavy atom. The van der Waals surface area contributed by atoms with Gasteiger partial charge in [-0.2, -0.15) is 0 Å². The molecule has 0 heterocycles. The first-order valence-corrected chi connectivity index (χ1v) is 22.6. The van der Waals surface area contributed by atoms with Gasteiger partial charge in [-0.15, -0.1) is 0 Å². The fourth-order valence-corrected chi connectivity index (χ4v) is 6.35. The lowest BCUT2D eigenvalue weighted by molar-refractivity contribution is -0.139. The van der Waals surface area contributed by atoms with Crippen LogP contribution < -0.4 is 77.4 Å². The second kappa shape index (κ2) is 33.1. The summed E-state index contributed by atoms with van der Waals surface area (Å²) >= 11 is 0. The molecule has 0 aromatic heterocycles. The quantitative estimate of drug-likeness (QED) is 0.0181. The Hall–Kier alpha value is -7.45. The summed E-state index contributed by atoms with van der Waals surface area (Å²) in [6.45, 7) is 4.48. The molecular weight excluding hydrogens is 903 g/mol. The van der Waals surface area contributed by atoms with Crippen LogP contribution >= 0.6 is 0 Å². The van der Waals surface area contributed by atoms with Gasteiger partial charge in [0.15, 0.2) is 17.9 Å². The first-order valence-electron chi connectivity index (χ1n) is 22.6. The fraction of sp³-hybridized carbons (Fsp3) is 0.595. The van der Waals surface area contributed by atoms with Gasteiger partial charge in [-0.25, -0.2) is 4.79 Å². The van der Waals surface area contributed by atoms with Gasteiger partial charge >= 0.3 is 12.0 Å². The average Bonchev–Trinajstić information content (AvgIpc) is 3.27. The zero-order chi connectivity index (χ0) is 51.9. The Morgan fingerprint density at radius 1 is 0.594 bits per heavy atom. The molecule has 1 aromatic rings. The van der Waals surface area contributed by atoms with Gasteiger partial charge in [-0.1, -0.05) is 26.0 Å². The van der Waals surface area contributed by atoms with E-state index in [9.17, 15) is 43.5 Å². The van der Waals surface area contributed by atoms with Crippen molar-refractivity contribution in [2.24, 2.45) is 61.0 Å². The maximum absolute atomic E-state index is 14.2. The number of nitrogens with two attached hydrogens (primary N) is 7. The van der Waals surface area contributed by atoms with E-state index in [1.165, 1.54) is 12.1 Å². The number of nitrogens with one attached hydrogen (secondary N) is 7. The molecule has 0 aliphatic rings. The van der Waals surface area contributed by atoms with Crippen molar-refractivity contribution in [1.82, 2.24) is 37.2 Å². The van der Waals surface area contributed by atoms with Crippen molar-refractivity contribution >= 4 is 65.3 Å². The van der Waals surface area contributed by atoms with Gasteiger partial charge in [0.05, 0.1) is 6.42 Å². The van der Waals surface area contributed by atoms with Crippen LogP contribution in [0.4, 0.5) is 4.79 Å². The summed E-state index contributed by atoms with van der Waals surface area (Å²) in [6.07, 6.45) is 0.661. The van der Waals surface area contributed by atoms with Gasteiger partial charge in [0, 0.05) is 39.0 Å². The number of aliphatic imine (C=N–C) groups is 3. The SMILES string of the molecule is CC(C)C[C@H](NC(=O)[C@H](CCCN=C(N)NC(=O)NCCCCN)NC(=O)[C@H](CCCN=C(N)N)NC(=O)CCC(=O)O)C(=O)N[C@@H](CCCN=C(N)N)C(=O)N[C@@H](Cc1ccc(O)cc1)C(N)=O. The van der Waals surface area contributed by atoms with Gasteiger partial charge in [-0.3, -0.25) is 53.9 Å². The number of amides is 8. The van der Waals surface area contributed by atoms with E-state index in [0.29, 0.717) is 31.5 Å². The van der Waals surface area contributed by atoms with Gasteiger partial charge < -0.3 is 82.2 Å². The Bertz CT molecular complexity index is 1920. The maximum atomic E-state index is 14.2. The molecule has 8 amide bonds. The van der Waals surface area contributed by atoms with E-state index in [2.05, 4.69) is 52.2 Å². The molecule has 27 heteroatoms. The molecule has 23 N–H and O–H groups in total. The summed E-state index contributed by atoms with van der Waals surface area (Å²) in [5, 5.41) is 36.8. The van der Waals surface area contributed by atoms with Crippen LogP contribution in [0.2, 0.25) is 0 Å². The number of unbranched alkanes of at least 4 members (excludes halogenated alkanes) is 1. The highest BCUT2D eigenvalue weighted by atomic mass is 16.4. The summed E-state index contributed by atoms with van der Waals surface area (Å²) in [6, 6.07) is -1.22. The molecule has 5 atom stereocenters. The van der Waals surface area contributed by atoms with E-state index in [1.807, 2.05) is 0 Å². The number of nitrogens with zero attached hydrogens (tertiary/aromatic N) is 3. The number of carboxylic acids is 1. The van der Waals surface area contributed by atoms with Crippen LogP contribution in [0, 0.1) is 5.92 Å². The highest BCUT2D eigenvalue weighted by Crippen LogP contribution is 2.13. The van der Waals surface area contributed by atoms with E-state index < -0.39 is 90.5 Å². The largest absolute Gasteiger partial charge is 0.508 e. The minimum absolute atomic E-state index is 0.0164. The van der Waals surface area contributed by atoms with Crippen LogP contribution in [0.5, 0.6) is 5.75 Å². The standard InChI is InChI=1S/C42H73N17O10/c1-24(2)22-31(38(68)56-28(9-6-20-51-40(47)48)36(66)57-30(34(44)64)23-25-11-13-26(60)14-12-25)58-37(67)29(10-7-21-52-41(49)59-42(69)53-18-4-3-17-43)55-35(65)27(8-5-19-50-39(45)46)54-32(61)15-16-33(62)63/h11-14,24,27-31,60H,3-10,15-23,43H2,1-2H3,(H2,44,64)(H,54,61)(H,55,65)(H,56,68)(H,57,66)(H,58,67)(H,62,63)(H4,45,46,50)(H4,47,48,51)(H4,49,52,53,59,69)/t27-,28-,29-,30-,31-/m0/s1. The number of carbonyl (C=O) groups excluding carboxylic acids is 7. The first-order chi connectivity index (χ1) is 32.6. The van der Waals surface area contributed by atoms with E-state index in [0.717, 1.165) is 0 Å². The van der Waals surface area contributed by atoms with Gasteiger partial charge in [0.2, 0.25) is 35.4 Å². The third-order valence-electron chi connectivity index (χ3n) is 9.84. The third-order valence-corrected chi connectivity index (χ3v) is 9.84. The van der Waals surface area contributed by atoms with Crippen molar-refractivity contribution < 1.29 is 48.6 Å². The van der Waals surface area contributed by atoms with Crippen molar-refractivity contribution in [3.05, 3.63) is 29.8 Å². The molecule has 0 aliphatic heterocycles. The lowest BCUT2D eigenvalue weighted by Gasteiger charge is -2.28. The number of phenolic OH excluding ortho intramolecular Hbond substituents is 1. The zero-order valence-corrected chi connectivity index (χ0v) is 39.3. The summed E-state index contributed by atoms with van der Waals surface area (Å²) in [4.78, 5) is 117. The van der Waals surface area contributed by atoms with Gasteiger partial charge in [0.25, 0.3) is 0 Å². The van der Waals surface area contributed by atoms with Crippen LogP contribution in [0.1, 0.15) is 90.0 Å². The van der Waals surface area contributed by atoms with E-state index in [-0.39, 0.29) is 101 Å². The van der Waals surface area contributed by atoms with E-state index in [4.69, 9.17) is 45.2 Å². The molecule has 0 spiro atoms. The van der Waals surface area contributed by atoms with Crippen LogP contribution in [0.25, 0.3) is 0 Å². The van der Waals surface area contributed by atoms with Crippen molar-refractivity contribution in [2.75, 3.05) is 32.7 Å². The average molecular weight is 976 g/mol. The number of rotatable bonds is 33. The molecule has 69 heavy (non-hydrogen) atoms. The van der Waals surface area contributed by atoms with E-state index >= 15 is 0 Å². The number of carboxylic acid groups (broad SMARTS) is 1. The number of phenols is 1. The van der Waals surface area contributed by atoms with E-state index in [1.54, 1.807) is 26.0 Å². The van der Waals surface area contributed by atoms with Crippen molar-refractivity contribution in [3.63, 3.8) is 0 Å². The van der Waals surface area contributed by atoms with Crippen molar-refractivity contribution in [1.29, 1.82) is 0 Å². The number of guanidine groups is 3. The number of urea groups is 1. The minimum Gasteiger partial charge on any atom is -0.508 e. The molecule has 1 aromatic carbocycles. The summed E-state index contributed by atoms with van der Waals surface area (Å²) < 4.78 is 0. The zero-order valence-electron chi connectivity index (χ0n) is 39.3. The van der Waals surface area contributed by atoms with Crippen molar-refractivity contribution in [3.8, 4) is 5.75 Å². The summed E-state index contributed by atoms with van der Waals surface area (Å²) in [7, 11) is 0. The molecule has 0 bridgehead atoms. The summed E-state index contributed by atoms with van der Waals surface area (Å²) in [5.41, 5.74) is 39.4. The Balaban J connectivity index is 3.50. The molecule has 0 radical (unpaired) electrons. The summed E-state index contributed by atoms with van der Waals surface area (Å²) in [5.74, 6) is -7.01. The highest BCUT2D eigenvalue weighted by Gasteiger charge is 2.33. The Morgan fingerprint density at radius 2 is 1.06 bits per heavy atom. The Labute approximate surface area is 400 Å². The monoisotopic (exact) mass is 976 g/mol. The number of aliphatic carboxylic acids is 1. The number of primary amides is 1. The molecule has 0 aliphatic carbocycles. The first kappa shape index (κ1) is 59.6. The molecule has 0 saturated heterocycles. The second-order valence-corrected chi connectivity index (χ2v) is 16.3. The normalized spacial score (nSPS) is 13.2. The molecule has 386 valence electrons. The predicted molar refractivity (Wildman–Crippen MR) is 257 cm³/mol. The number of benzene rings is 1. The lowest BCUT2D eigenvalue weighted by Crippen LogP contribution is -2.59. The molecule has 1 rings (SSSR count). The van der Waals surface area contributed by atoms with Crippen molar-refractivity contribution in [2.45, 2.75) is 121 Å². The highest BCUT2D eigenvalue weighted by molar-refractivity contribution is 5.97. The molecule has 0 unspecified atom stereocenters. The number of hydrogen-bond acceptors (Lipinski definition) is 13. The predicted octanol–water partition coefficient (Wildman–Crippen LogP) is -4.00. The molecule has 0 saturated carbocycles. The van der Waals surface area contributed by atoms with Crippen LogP contribution in [0.3, 0.4) is 0 Å². The lowest BCUT2D eigenvalue weighted by atomic mass is 10.0. The van der Waals surface area contributed by atoms with Gasteiger partial charge in [-0.05, 0) is 87.9 Å². The van der Waals surface area contributed by atoms with Crippen LogP contribution in [0.15, 0.2) is 39.2 Å². The second-order valence-electron chi connectivity index (χ2n) is 16.3. The molecule has 0 fully saturated rings. The molecule has 27 nitrogen and oxygen atoms in total. The van der Waals surface area contributed by atoms with Gasteiger partial charge in [0.1, 0.15) is 36.0 Å².